The average Bonchev–Trinajstić information content (AvgIpc) is 2.52. The van der Waals surface area contributed by atoms with E-state index < -0.39 is 12.0 Å². The second kappa shape index (κ2) is 6.77. The molecule has 0 heterocycles. The number of ether oxygens (including phenoxy) is 1. The van der Waals surface area contributed by atoms with Crippen LogP contribution in [0.5, 0.6) is 0 Å². The van der Waals surface area contributed by atoms with Crippen LogP contribution in [0.3, 0.4) is 0 Å². The molecule has 3 nitrogen and oxygen atoms in total. The van der Waals surface area contributed by atoms with Crippen molar-refractivity contribution >= 4 is 23.4 Å². The van der Waals surface area contributed by atoms with Gasteiger partial charge in [-0.2, -0.15) is 0 Å². The second-order valence-electron chi connectivity index (χ2n) is 5.88. The molecule has 1 saturated carbocycles. The minimum atomic E-state index is -2.59. The van der Waals surface area contributed by atoms with Gasteiger partial charge in [-0.3, -0.25) is 5.32 Å². The summed E-state index contributed by atoms with van der Waals surface area (Å²) in [6, 6.07) is 14.2. The van der Waals surface area contributed by atoms with Gasteiger partial charge in [-0.25, -0.2) is 13.6 Å². The fraction of sp³-hybridized carbons (Fsp3) is 0.278. The molecule has 0 atom stereocenters. The number of carbonyl (C=O) groups excluding carboxylic acids is 1. The highest BCUT2D eigenvalue weighted by atomic mass is 35.5. The van der Waals surface area contributed by atoms with Crippen LogP contribution in [0, 0.1) is 0 Å². The highest BCUT2D eigenvalue weighted by molar-refractivity contribution is 6.31. The molecule has 126 valence electrons. The molecule has 24 heavy (non-hydrogen) atoms. The number of nitrogens with one attached hydrogen (secondary N) is 1. The van der Waals surface area contributed by atoms with Crippen molar-refractivity contribution in [3.8, 4) is 0 Å². The van der Waals surface area contributed by atoms with Crippen LogP contribution in [0.2, 0.25) is 5.02 Å². The van der Waals surface area contributed by atoms with Crippen LogP contribution in [0.15, 0.2) is 48.5 Å². The van der Waals surface area contributed by atoms with Crippen molar-refractivity contribution in [3.63, 3.8) is 0 Å². The molecule has 0 bridgehead atoms. The second-order valence-corrected chi connectivity index (χ2v) is 6.29. The Labute approximate surface area is 143 Å². The van der Waals surface area contributed by atoms with Crippen LogP contribution in [0.1, 0.15) is 29.9 Å². The van der Waals surface area contributed by atoms with Crippen LogP contribution < -0.4 is 5.32 Å². The predicted octanol–water partition coefficient (Wildman–Crippen LogP) is 5.60. The zero-order valence-electron chi connectivity index (χ0n) is 12.8. The Morgan fingerprint density at radius 2 is 1.92 bits per heavy atom. The van der Waals surface area contributed by atoms with Crippen molar-refractivity contribution in [1.29, 1.82) is 0 Å². The number of benzene rings is 2. The third-order valence-corrected chi connectivity index (χ3v) is 4.32. The number of amides is 1. The maximum Gasteiger partial charge on any atom is 0.411 e. The van der Waals surface area contributed by atoms with Gasteiger partial charge in [-0.05, 0) is 29.2 Å². The summed E-state index contributed by atoms with van der Waals surface area (Å²) in [6.07, 6.45) is -0.963. The van der Waals surface area contributed by atoms with Gasteiger partial charge in [0.2, 0.25) is 5.92 Å². The number of halogens is 3. The third-order valence-electron chi connectivity index (χ3n) is 3.99. The van der Waals surface area contributed by atoms with E-state index >= 15 is 0 Å². The fourth-order valence-corrected chi connectivity index (χ4v) is 3.03. The monoisotopic (exact) mass is 351 g/mol. The number of anilines is 1. The van der Waals surface area contributed by atoms with E-state index in [-0.39, 0.29) is 25.4 Å². The maximum atomic E-state index is 13.0. The van der Waals surface area contributed by atoms with Gasteiger partial charge < -0.3 is 4.74 Å². The van der Waals surface area contributed by atoms with Crippen molar-refractivity contribution < 1.29 is 18.3 Å². The third kappa shape index (κ3) is 4.03. The number of rotatable bonds is 4. The van der Waals surface area contributed by atoms with E-state index in [0.717, 1.165) is 5.56 Å². The van der Waals surface area contributed by atoms with Crippen molar-refractivity contribution in [3.05, 3.63) is 64.7 Å². The van der Waals surface area contributed by atoms with E-state index in [4.69, 9.17) is 16.3 Å². The molecule has 0 aromatic heterocycles. The van der Waals surface area contributed by atoms with E-state index in [2.05, 4.69) is 5.32 Å². The minimum Gasteiger partial charge on any atom is -0.444 e. The highest BCUT2D eigenvalue weighted by Crippen LogP contribution is 2.50. The lowest BCUT2D eigenvalue weighted by Crippen LogP contribution is -2.33. The molecule has 0 saturated heterocycles. The quantitative estimate of drug-likeness (QED) is 0.778. The molecule has 1 amide bonds. The summed E-state index contributed by atoms with van der Waals surface area (Å²) in [4.78, 5) is 11.8. The van der Waals surface area contributed by atoms with Crippen LogP contribution >= 0.6 is 11.6 Å². The number of carbonyl (C=O) groups is 1. The first-order valence-electron chi connectivity index (χ1n) is 7.58. The molecule has 0 unspecified atom stereocenters. The lowest BCUT2D eigenvalue weighted by Gasteiger charge is -2.35. The van der Waals surface area contributed by atoms with Gasteiger partial charge in [0, 0.05) is 23.6 Å². The Morgan fingerprint density at radius 1 is 1.21 bits per heavy atom. The number of hydrogen-bond acceptors (Lipinski definition) is 2. The molecule has 1 aliphatic rings. The Kier molecular flexibility index (Phi) is 4.71. The van der Waals surface area contributed by atoms with Gasteiger partial charge in [-0.1, -0.05) is 48.0 Å². The summed E-state index contributed by atoms with van der Waals surface area (Å²) in [5, 5.41) is 2.95. The largest absolute Gasteiger partial charge is 0.444 e. The summed E-state index contributed by atoms with van der Waals surface area (Å²) in [5.41, 5.74) is 2.03. The van der Waals surface area contributed by atoms with Gasteiger partial charge >= 0.3 is 6.09 Å². The van der Waals surface area contributed by atoms with E-state index in [1.54, 1.807) is 18.2 Å². The zero-order valence-corrected chi connectivity index (χ0v) is 13.5. The lowest BCUT2D eigenvalue weighted by molar-refractivity contribution is -0.0867. The van der Waals surface area contributed by atoms with Crippen molar-refractivity contribution in [2.75, 3.05) is 5.32 Å². The SMILES string of the molecule is O=C(Nc1ccc(C2CC(F)(F)C2)c(Cl)c1)OCc1ccccc1. The van der Waals surface area contributed by atoms with Crippen molar-refractivity contribution in [2.45, 2.75) is 31.3 Å². The Bertz CT molecular complexity index is 729. The van der Waals surface area contributed by atoms with Crippen molar-refractivity contribution in [2.24, 2.45) is 0 Å². The summed E-state index contributed by atoms with van der Waals surface area (Å²) >= 11 is 6.15. The Hall–Kier alpha value is -2.14. The molecule has 1 fully saturated rings. The first-order valence-corrected chi connectivity index (χ1v) is 7.96. The molecular formula is C18H16ClF2NO2. The molecule has 0 aliphatic heterocycles. The van der Waals surface area contributed by atoms with Gasteiger partial charge in [0.05, 0.1) is 0 Å². The van der Waals surface area contributed by atoms with E-state index in [0.29, 0.717) is 16.3 Å². The molecule has 0 radical (unpaired) electrons. The molecule has 6 heteroatoms. The van der Waals surface area contributed by atoms with Gasteiger partial charge in [0.25, 0.3) is 0 Å². The maximum absolute atomic E-state index is 13.0. The van der Waals surface area contributed by atoms with Gasteiger partial charge in [0.1, 0.15) is 6.61 Å². The molecule has 3 rings (SSSR count). The standard InChI is InChI=1S/C18H16ClF2NO2/c19-16-8-14(6-7-15(16)13-9-18(20,21)10-13)22-17(23)24-11-12-4-2-1-3-5-12/h1-8,13H,9-11H2,(H,22,23). The zero-order chi connectivity index (χ0) is 17.2. The first kappa shape index (κ1) is 16.7. The molecule has 2 aromatic rings. The molecule has 1 N–H and O–H groups in total. The molecular weight excluding hydrogens is 336 g/mol. The molecule has 2 aromatic carbocycles. The fourth-order valence-electron chi connectivity index (χ4n) is 2.69. The Morgan fingerprint density at radius 3 is 2.54 bits per heavy atom. The smallest absolute Gasteiger partial charge is 0.411 e. The molecule has 1 aliphatic carbocycles. The number of alkyl halides is 2. The summed E-state index contributed by atoms with van der Waals surface area (Å²) in [7, 11) is 0. The van der Waals surface area contributed by atoms with E-state index in [9.17, 15) is 13.6 Å². The first-order chi connectivity index (χ1) is 11.4. The molecule has 0 spiro atoms. The van der Waals surface area contributed by atoms with Crippen LogP contribution in [-0.4, -0.2) is 12.0 Å². The minimum absolute atomic E-state index is 0.162. The number of hydrogen-bond donors (Lipinski definition) is 1. The average molecular weight is 352 g/mol. The van der Waals surface area contributed by atoms with Crippen LogP contribution in [-0.2, 0) is 11.3 Å². The van der Waals surface area contributed by atoms with Gasteiger partial charge in [-0.15, -0.1) is 0 Å². The predicted molar refractivity (Wildman–Crippen MR) is 88.6 cm³/mol. The summed E-state index contributed by atoms with van der Waals surface area (Å²) < 4.78 is 31.0. The summed E-state index contributed by atoms with van der Waals surface area (Å²) in [5.74, 6) is -2.82. The van der Waals surface area contributed by atoms with E-state index in [1.807, 2.05) is 30.3 Å². The highest BCUT2D eigenvalue weighted by Gasteiger charge is 2.46. The van der Waals surface area contributed by atoms with Gasteiger partial charge in [0.15, 0.2) is 0 Å². The summed E-state index contributed by atoms with van der Waals surface area (Å²) in [6.45, 7) is 0.162. The van der Waals surface area contributed by atoms with Crippen LogP contribution in [0.25, 0.3) is 0 Å². The van der Waals surface area contributed by atoms with E-state index in [1.165, 1.54) is 0 Å². The normalized spacial score (nSPS) is 16.3. The van der Waals surface area contributed by atoms with Crippen molar-refractivity contribution in [1.82, 2.24) is 0 Å². The topological polar surface area (TPSA) is 38.3 Å². The van der Waals surface area contributed by atoms with Crippen LogP contribution in [0.4, 0.5) is 19.3 Å². The Balaban J connectivity index is 1.55. The lowest BCUT2D eigenvalue weighted by atomic mass is 9.77.